The molecule has 100 valence electrons. The van der Waals surface area contributed by atoms with Gasteiger partial charge in [-0.05, 0) is 5.25 Å². The van der Waals surface area contributed by atoms with Crippen molar-refractivity contribution in [2.24, 2.45) is 5.84 Å². The fourth-order valence-corrected chi connectivity index (χ4v) is 2.25. The number of benzene rings is 1. The first-order chi connectivity index (χ1) is 9.19. The molecule has 1 heterocycles. The molecule has 0 amide bonds. The number of nitrogens with two attached hydrogens (primary N) is 1. The average molecular weight is 274 g/mol. The van der Waals surface area contributed by atoms with E-state index in [1.165, 1.54) is 0 Å². The summed E-state index contributed by atoms with van der Waals surface area (Å²) in [5, 5.41) is 0.554. The Morgan fingerprint density at radius 3 is 2.58 bits per heavy atom. The van der Waals surface area contributed by atoms with Crippen LogP contribution in [0, 0.1) is 0 Å². The molecule has 0 aliphatic carbocycles. The monoisotopic (exact) mass is 274 g/mol. The average Bonchev–Trinajstić information content (AvgIpc) is 2.45. The van der Waals surface area contributed by atoms with E-state index in [1.54, 1.807) is 0 Å². The molecule has 19 heavy (non-hydrogen) atoms. The van der Waals surface area contributed by atoms with Crippen molar-refractivity contribution in [2.45, 2.75) is 24.9 Å². The van der Waals surface area contributed by atoms with Crippen LogP contribution in [0.5, 0.6) is 0 Å². The largest absolute Gasteiger partial charge is 0.308 e. The lowest BCUT2D eigenvalue weighted by Crippen LogP contribution is -2.11. The van der Waals surface area contributed by atoms with Crippen LogP contribution in [0.25, 0.3) is 11.3 Å². The van der Waals surface area contributed by atoms with Crippen LogP contribution in [0.15, 0.2) is 36.4 Å². The van der Waals surface area contributed by atoms with E-state index in [-0.39, 0.29) is 0 Å². The predicted molar refractivity (Wildman–Crippen MR) is 81.7 cm³/mol. The number of hydrogen-bond acceptors (Lipinski definition) is 5. The third kappa shape index (κ3) is 3.94. The van der Waals surface area contributed by atoms with Crippen LogP contribution < -0.4 is 11.3 Å². The molecular weight excluding hydrogens is 256 g/mol. The van der Waals surface area contributed by atoms with Gasteiger partial charge in [0.15, 0.2) is 0 Å². The minimum Gasteiger partial charge on any atom is -0.308 e. The first-order valence-electron chi connectivity index (χ1n) is 6.20. The van der Waals surface area contributed by atoms with Crippen molar-refractivity contribution in [1.29, 1.82) is 0 Å². The van der Waals surface area contributed by atoms with Crippen molar-refractivity contribution >= 4 is 17.6 Å². The molecule has 0 spiro atoms. The van der Waals surface area contributed by atoms with Gasteiger partial charge < -0.3 is 5.43 Å². The maximum absolute atomic E-state index is 5.47. The van der Waals surface area contributed by atoms with Gasteiger partial charge in [0.1, 0.15) is 11.6 Å². The predicted octanol–water partition coefficient (Wildman–Crippen LogP) is 3.07. The van der Waals surface area contributed by atoms with E-state index in [4.69, 9.17) is 5.84 Å². The highest BCUT2D eigenvalue weighted by Crippen LogP contribution is 2.22. The molecule has 0 aliphatic heterocycles. The molecule has 0 fully saturated rings. The number of hydrogen-bond donors (Lipinski definition) is 2. The summed E-state index contributed by atoms with van der Waals surface area (Å²) in [6, 6.07) is 11.9. The zero-order valence-corrected chi connectivity index (χ0v) is 11.9. The van der Waals surface area contributed by atoms with Crippen LogP contribution in [0.4, 0.5) is 5.82 Å². The van der Waals surface area contributed by atoms with Crippen LogP contribution in [0.2, 0.25) is 0 Å². The van der Waals surface area contributed by atoms with Gasteiger partial charge in [-0.25, -0.2) is 15.8 Å². The van der Waals surface area contributed by atoms with Crippen molar-refractivity contribution in [2.75, 3.05) is 5.43 Å². The summed E-state index contributed by atoms with van der Waals surface area (Å²) in [5.74, 6) is 7.70. The van der Waals surface area contributed by atoms with E-state index in [0.717, 1.165) is 22.8 Å². The molecule has 3 N–H and O–H groups in total. The van der Waals surface area contributed by atoms with Gasteiger partial charge in [-0.15, -0.1) is 0 Å². The van der Waals surface area contributed by atoms with Crippen LogP contribution in [-0.2, 0) is 5.75 Å². The van der Waals surface area contributed by atoms with Crippen molar-refractivity contribution in [1.82, 2.24) is 9.97 Å². The second-order valence-electron chi connectivity index (χ2n) is 4.42. The van der Waals surface area contributed by atoms with E-state index in [0.29, 0.717) is 11.1 Å². The Morgan fingerprint density at radius 2 is 1.95 bits per heavy atom. The van der Waals surface area contributed by atoms with Crippen LogP contribution in [0.3, 0.4) is 0 Å². The highest BCUT2D eigenvalue weighted by molar-refractivity contribution is 7.99. The molecule has 5 heteroatoms. The van der Waals surface area contributed by atoms with Crippen LogP contribution in [0.1, 0.15) is 19.7 Å². The summed E-state index contributed by atoms with van der Waals surface area (Å²) >= 11 is 1.81. The number of rotatable bonds is 5. The third-order valence-electron chi connectivity index (χ3n) is 2.54. The van der Waals surface area contributed by atoms with Gasteiger partial charge in [0.05, 0.1) is 11.4 Å². The van der Waals surface area contributed by atoms with E-state index in [1.807, 2.05) is 48.2 Å². The summed E-state index contributed by atoms with van der Waals surface area (Å²) in [4.78, 5) is 8.98. The van der Waals surface area contributed by atoms with Gasteiger partial charge in [0.25, 0.3) is 0 Å². The molecule has 0 unspecified atom stereocenters. The summed E-state index contributed by atoms with van der Waals surface area (Å²) in [6.45, 7) is 4.32. The fraction of sp³-hybridized carbons (Fsp3) is 0.286. The molecule has 0 radical (unpaired) electrons. The van der Waals surface area contributed by atoms with Gasteiger partial charge in [0, 0.05) is 11.6 Å². The lowest BCUT2D eigenvalue weighted by atomic mass is 10.1. The number of aromatic nitrogens is 2. The first-order valence-corrected chi connectivity index (χ1v) is 7.25. The van der Waals surface area contributed by atoms with Crippen LogP contribution >= 0.6 is 11.8 Å². The second kappa shape index (κ2) is 6.54. The van der Waals surface area contributed by atoms with Crippen molar-refractivity contribution < 1.29 is 0 Å². The van der Waals surface area contributed by atoms with E-state index in [9.17, 15) is 0 Å². The fourth-order valence-electron chi connectivity index (χ4n) is 1.63. The molecule has 0 atom stereocenters. The van der Waals surface area contributed by atoms with Crippen LogP contribution in [-0.4, -0.2) is 15.2 Å². The summed E-state index contributed by atoms with van der Waals surface area (Å²) in [5.41, 5.74) is 4.56. The standard InChI is InChI=1S/C14H18N4S/c1-10(2)19-9-14-16-12(8-13(17-14)18-15)11-6-4-3-5-7-11/h3-8,10H,9,15H2,1-2H3,(H,16,17,18). The number of nitrogens with zero attached hydrogens (tertiary/aromatic N) is 2. The zero-order chi connectivity index (χ0) is 13.7. The first kappa shape index (κ1) is 13.8. The number of anilines is 1. The Bertz CT molecular complexity index is 528. The molecule has 2 rings (SSSR count). The Hall–Kier alpha value is -1.59. The normalized spacial score (nSPS) is 10.7. The molecule has 0 saturated heterocycles. The quantitative estimate of drug-likeness (QED) is 0.648. The van der Waals surface area contributed by atoms with Gasteiger partial charge in [-0.3, -0.25) is 0 Å². The second-order valence-corrected chi connectivity index (χ2v) is 5.99. The van der Waals surface area contributed by atoms with Gasteiger partial charge in [-0.1, -0.05) is 44.2 Å². The minimum atomic E-state index is 0.554. The molecule has 1 aromatic heterocycles. The Balaban J connectivity index is 2.31. The maximum Gasteiger partial charge on any atom is 0.144 e. The number of thioether (sulfide) groups is 1. The number of nitrogen functional groups attached to an aromatic ring is 1. The molecule has 0 aliphatic rings. The minimum absolute atomic E-state index is 0.554. The maximum atomic E-state index is 5.47. The van der Waals surface area contributed by atoms with Gasteiger partial charge in [-0.2, -0.15) is 11.8 Å². The van der Waals surface area contributed by atoms with Crippen molar-refractivity contribution in [3.63, 3.8) is 0 Å². The Morgan fingerprint density at radius 1 is 1.21 bits per heavy atom. The lowest BCUT2D eigenvalue weighted by Gasteiger charge is -2.09. The van der Waals surface area contributed by atoms with E-state index in [2.05, 4.69) is 29.2 Å². The molecule has 0 saturated carbocycles. The molecule has 1 aromatic carbocycles. The number of nitrogens with one attached hydrogen (secondary N) is 1. The van der Waals surface area contributed by atoms with E-state index < -0.39 is 0 Å². The molecule has 2 aromatic rings. The van der Waals surface area contributed by atoms with E-state index >= 15 is 0 Å². The summed E-state index contributed by atoms with van der Waals surface area (Å²) in [6.07, 6.45) is 0. The summed E-state index contributed by atoms with van der Waals surface area (Å²) in [7, 11) is 0. The van der Waals surface area contributed by atoms with Crippen molar-refractivity contribution in [3.8, 4) is 11.3 Å². The van der Waals surface area contributed by atoms with Crippen molar-refractivity contribution in [3.05, 3.63) is 42.2 Å². The third-order valence-corrected chi connectivity index (χ3v) is 3.63. The number of hydrazine groups is 1. The smallest absolute Gasteiger partial charge is 0.144 e. The molecular formula is C14H18N4S. The molecule has 4 nitrogen and oxygen atoms in total. The van der Waals surface area contributed by atoms with Gasteiger partial charge in [0.2, 0.25) is 0 Å². The van der Waals surface area contributed by atoms with Gasteiger partial charge >= 0.3 is 0 Å². The lowest BCUT2D eigenvalue weighted by molar-refractivity contribution is 1.02. The SMILES string of the molecule is CC(C)SCc1nc(NN)cc(-c2ccccc2)n1. The summed E-state index contributed by atoms with van der Waals surface area (Å²) < 4.78 is 0. The zero-order valence-electron chi connectivity index (χ0n) is 11.1. The molecule has 0 bridgehead atoms. The highest BCUT2D eigenvalue weighted by Gasteiger charge is 2.07. The highest BCUT2D eigenvalue weighted by atomic mass is 32.2. The Labute approximate surface area is 117 Å². The Kier molecular flexibility index (Phi) is 4.76. The topological polar surface area (TPSA) is 63.8 Å².